The normalized spacial score (nSPS) is 10.7. The molecule has 0 atom stereocenters. The second-order valence-corrected chi connectivity index (χ2v) is 5.62. The summed E-state index contributed by atoms with van der Waals surface area (Å²) in [7, 11) is 0. The molecule has 122 valence electrons. The molecule has 0 bridgehead atoms. The molecule has 2 aromatic heterocycles. The number of nitrogens with zero attached hydrogens (tertiary/aromatic N) is 2. The number of fused-ring (bicyclic) bond motifs is 1. The first-order chi connectivity index (χ1) is 12.3. The van der Waals surface area contributed by atoms with Gasteiger partial charge < -0.3 is 9.73 Å². The van der Waals surface area contributed by atoms with Crippen LogP contribution in [0, 0.1) is 0 Å². The Bertz CT molecular complexity index is 1030. The Hall–Kier alpha value is -3.47. The molecule has 2 aromatic carbocycles. The van der Waals surface area contributed by atoms with Crippen LogP contribution in [0.15, 0.2) is 77.4 Å². The molecule has 2 heterocycles. The van der Waals surface area contributed by atoms with Crippen molar-refractivity contribution >= 4 is 22.6 Å². The topological polar surface area (TPSA) is 68.0 Å². The molecule has 0 spiro atoms. The zero-order chi connectivity index (χ0) is 17.1. The van der Waals surface area contributed by atoms with Gasteiger partial charge in [0, 0.05) is 10.9 Å². The summed E-state index contributed by atoms with van der Waals surface area (Å²) in [6, 6.07) is 21.1. The van der Waals surface area contributed by atoms with Crippen molar-refractivity contribution in [1.82, 2.24) is 9.97 Å². The fraction of sp³-hybridized carbons (Fsp3) is 0.0500. The molecular formula is C20H15N3O2. The Morgan fingerprint density at radius 3 is 2.60 bits per heavy atom. The first-order valence-corrected chi connectivity index (χ1v) is 7.93. The molecule has 0 fully saturated rings. The van der Waals surface area contributed by atoms with Crippen LogP contribution < -0.4 is 5.32 Å². The van der Waals surface area contributed by atoms with E-state index in [1.165, 1.54) is 6.26 Å². The van der Waals surface area contributed by atoms with Crippen molar-refractivity contribution in [3.05, 3.63) is 78.7 Å². The molecule has 4 rings (SSSR count). The summed E-state index contributed by atoms with van der Waals surface area (Å²) in [4.78, 5) is 21.0. The number of amides is 1. The van der Waals surface area contributed by atoms with Gasteiger partial charge in [0.2, 0.25) is 11.8 Å². The maximum Gasteiger partial charge on any atom is 0.231 e. The molecule has 5 nitrogen and oxygen atoms in total. The van der Waals surface area contributed by atoms with E-state index in [2.05, 4.69) is 15.3 Å². The van der Waals surface area contributed by atoms with E-state index in [0.29, 0.717) is 17.4 Å². The van der Waals surface area contributed by atoms with Crippen molar-refractivity contribution in [2.24, 2.45) is 0 Å². The summed E-state index contributed by atoms with van der Waals surface area (Å²) in [5, 5.41) is 3.83. The number of hydrogen-bond acceptors (Lipinski definition) is 4. The van der Waals surface area contributed by atoms with Crippen LogP contribution in [0.4, 0.5) is 5.82 Å². The predicted octanol–water partition coefficient (Wildman–Crippen LogP) is 4.07. The summed E-state index contributed by atoms with van der Waals surface area (Å²) in [5.74, 6) is 0.846. The largest absolute Gasteiger partial charge is 0.444 e. The van der Waals surface area contributed by atoms with Crippen LogP contribution in [-0.4, -0.2) is 15.9 Å². The highest BCUT2D eigenvalue weighted by Gasteiger charge is 2.11. The molecule has 0 unspecified atom stereocenters. The van der Waals surface area contributed by atoms with Crippen molar-refractivity contribution in [1.29, 1.82) is 0 Å². The summed E-state index contributed by atoms with van der Waals surface area (Å²) in [5.41, 5.74) is 2.30. The Morgan fingerprint density at radius 1 is 0.920 bits per heavy atom. The lowest BCUT2D eigenvalue weighted by atomic mass is 10.2. The van der Waals surface area contributed by atoms with E-state index in [-0.39, 0.29) is 12.3 Å². The summed E-state index contributed by atoms with van der Waals surface area (Å²) in [6.45, 7) is 0. The number of anilines is 1. The van der Waals surface area contributed by atoms with Crippen LogP contribution in [0.1, 0.15) is 5.69 Å². The standard InChI is InChI=1S/C20H15N3O2/c24-19(23-18-11-10-14-6-4-5-9-17(14)22-18)12-16-13-25-20(21-16)15-7-2-1-3-8-15/h1-11,13H,12H2,(H,22,23,24). The lowest BCUT2D eigenvalue weighted by Gasteiger charge is -2.04. The summed E-state index contributed by atoms with van der Waals surface area (Å²) in [6.07, 6.45) is 1.64. The van der Waals surface area contributed by atoms with Gasteiger partial charge in [0.1, 0.15) is 12.1 Å². The van der Waals surface area contributed by atoms with Gasteiger partial charge in [0.05, 0.1) is 17.6 Å². The first kappa shape index (κ1) is 15.1. The van der Waals surface area contributed by atoms with Gasteiger partial charge in [-0.15, -0.1) is 0 Å². The molecule has 0 saturated heterocycles. The average molecular weight is 329 g/mol. The molecule has 0 aliphatic rings. The van der Waals surface area contributed by atoms with Crippen molar-refractivity contribution < 1.29 is 9.21 Å². The Morgan fingerprint density at radius 2 is 1.72 bits per heavy atom. The van der Waals surface area contributed by atoms with E-state index in [1.807, 2.05) is 60.7 Å². The van der Waals surface area contributed by atoms with Crippen LogP contribution in [0.2, 0.25) is 0 Å². The number of para-hydroxylation sites is 1. The molecule has 0 aliphatic carbocycles. The Kier molecular flexibility index (Phi) is 3.96. The van der Waals surface area contributed by atoms with Crippen molar-refractivity contribution in [2.45, 2.75) is 6.42 Å². The van der Waals surface area contributed by atoms with Crippen LogP contribution in [0.3, 0.4) is 0 Å². The minimum Gasteiger partial charge on any atom is -0.444 e. The molecule has 0 saturated carbocycles. The lowest BCUT2D eigenvalue weighted by Crippen LogP contribution is -2.15. The van der Waals surface area contributed by atoms with Gasteiger partial charge in [-0.3, -0.25) is 4.79 Å². The van der Waals surface area contributed by atoms with Gasteiger partial charge >= 0.3 is 0 Å². The number of rotatable bonds is 4. The van der Waals surface area contributed by atoms with E-state index in [0.717, 1.165) is 16.5 Å². The highest BCUT2D eigenvalue weighted by molar-refractivity contribution is 5.92. The molecule has 1 amide bonds. The minimum atomic E-state index is -0.185. The highest BCUT2D eigenvalue weighted by atomic mass is 16.3. The fourth-order valence-electron chi connectivity index (χ4n) is 2.59. The Labute approximate surface area is 144 Å². The summed E-state index contributed by atoms with van der Waals surface area (Å²) < 4.78 is 5.45. The molecule has 25 heavy (non-hydrogen) atoms. The number of carbonyl (C=O) groups excluding carboxylic acids is 1. The van der Waals surface area contributed by atoms with Gasteiger partial charge in [0.15, 0.2) is 0 Å². The second-order valence-electron chi connectivity index (χ2n) is 5.62. The van der Waals surface area contributed by atoms with E-state index >= 15 is 0 Å². The van der Waals surface area contributed by atoms with Crippen LogP contribution in [-0.2, 0) is 11.2 Å². The monoisotopic (exact) mass is 329 g/mol. The third kappa shape index (κ3) is 3.40. The first-order valence-electron chi connectivity index (χ1n) is 7.93. The zero-order valence-corrected chi connectivity index (χ0v) is 13.3. The van der Waals surface area contributed by atoms with Gasteiger partial charge in [-0.25, -0.2) is 9.97 Å². The number of benzene rings is 2. The molecule has 5 heteroatoms. The van der Waals surface area contributed by atoms with E-state index in [9.17, 15) is 4.79 Å². The van der Waals surface area contributed by atoms with Crippen molar-refractivity contribution in [3.63, 3.8) is 0 Å². The maximum atomic E-state index is 12.2. The van der Waals surface area contributed by atoms with Gasteiger partial charge in [0.25, 0.3) is 0 Å². The van der Waals surface area contributed by atoms with Crippen LogP contribution in [0.25, 0.3) is 22.4 Å². The molecule has 1 N–H and O–H groups in total. The summed E-state index contributed by atoms with van der Waals surface area (Å²) >= 11 is 0. The van der Waals surface area contributed by atoms with Crippen molar-refractivity contribution in [3.8, 4) is 11.5 Å². The number of aromatic nitrogens is 2. The van der Waals surface area contributed by atoms with E-state index < -0.39 is 0 Å². The fourth-order valence-corrected chi connectivity index (χ4v) is 2.59. The third-order valence-electron chi connectivity index (χ3n) is 3.78. The number of hydrogen-bond donors (Lipinski definition) is 1. The highest BCUT2D eigenvalue weighted by Crippen LogP contribution is 2.19. The lowest BCUT2D eigenvalue weighted by molar-refractivity contribution is -0.115. The smallest absolute Gasteiger partial charge is 0.231 e. The minimum absolute atomic E-state index is 0.130. The van der Waals surface area contributed by atoms with Crippen LogP contribution >= 0.6 is 0 Å². The molecule has 0 radical (unpaired) electrons. The molecular weight excluding hydrogens is 314 g/mol. The van der Waals surface area contributed by atoms with E-state index in [1.54, 1.807) is 6.07 Å². The number of nitrogens with one attached hydrogen (secondary N) is 1. The quantitative estimate of drug-likeness (QED) is 0.613. The van der Waals surface area contributed by atoms with Gasteiger partial charge in [-0.1, -0.05) is 36.4 Å². The number of pyridine rings is 1. The van der Waals surface area contributed by atoms with Crippen molar-refractivity contribution in [2.75, 3.05) is 5.32 Å². The maximum absolute atomic E-state index is 12.2. The number of carbonyl (C=O) groups is 1. The second kappa shape index (κ2) is 6.57. The molecule has 4 aromatic rings. The Balaban J connectivity index is 1.46. The predicted molar refractivity (Wildman–Crippen MR) is 96.0 cm³/mol. The van der Waals surface area contributed by atoms with Gasteiger partial charge in [-0.2, -0.15) is 0 Å². The average Bonchev–Trinajstić information content (AvgIpc) is 3.10. The molecule has 0 aliphatic heterocycles. The van der Waals surface area contributed by atoms with E-state index in [4.69, 9.17) is 4.42 Å². The number of oxazole rings is 1. The third-order valence-corrected chi connectivity index (χ3v) is 3.78. The SMILES string of the molecule is O=C(Cc1coc(-c2ccccc2)n1)Nc1ccc2ccccc2n1. The van der Waals surface area contributed by atoms with Gasteiger partial charge in [-0.05, 0) is 30.3 Å². The van der Waals surface area contributed by atoms with Crippen LogP contribution in [0.5, 0.6) is 0 Å². The zero-order valence-electron chi connectivity index (χ0n) is 13.3.